The van der Waals surface area contributed by atoms with Crippen molar-refractivity contribution >= 4 is 18.3 Å². The summed E-state index contributed by atoms with van der Waals surface area (Å²) in [6.07, 6.45) is 5.47. The van der Waals surface area contributed by atoms with Gasteiger partial charge in [-0.2, -0.15) is 0 Å². The molecule has 112 valence electrons. The van der Waals surface area contributed by atoms with E-state index in [0.717, 1.165) is 31.2 Å². The first-order valence-corrected chi connectivity index (χ1v) is 6.92. The molecule has 3 N–H and O–H groups in total. The molecule has 3 nitrogen and oxygen atoms in total. The fourth-order valence-corrected chi connectivity index (χ4v) is 2.56. The quantitative estimate of drug-likeness (QED) is 0.898. The molecular formula is C15H22ClFN2O. The molecule has 0 heterocycles. The third-order valence-electron chi connectivity index (χ3n) is 3.81. The molecule has 1 saturated carbocycles. The summed E-state index contributed by atoms with van der Waals surface area (Å²) in [6, 6.07) is 6.34. The Labute approximate surface area is 125 Å². The van der Waals surface area contributed by atoms with Crippen molar-refractivity contribution in [3.8, 4) is 0 Å². The van der Waals surface area contributed by atoms with Crippen molar-refractivity contribution in [2.45, 2.75) is 44.1 Å². The predicted molar refractivity (Wildman–Crippen MR) is 80.4 cm³/mol. The van der Waals surface area contributed by atoms with Crippen LogP contribution in [0.15, 0.2) is 24.3 Å². The lowest BCUT2D eigenvalue weighted by atomic mass is 9.82. The van der Waals surface area contributed by atoms with Crippen molar-refractivity contribution in [3.05, 3.63) is 35.6 Å². The number of benzene rings is 1. The lowest BCUT2D eigenvalue weighted by Gasteiger charge is -2.31. The summed E-state index contributed by atoms with van der Waals surface area (Å²) in [5.74, 6) is -0.287. The van der Waals surface area contributed by atoms with Crippen LogP contribution in [0, 0.1) is 5.82 Å². The Morgan fingerprint density at radius 1 is 1.20 bits per heavy atom. The molecule has 0 atom stereocenters. The predicted octanol–water partition coefficient (Wildman–Crippen LogP) is 2.57. The average Bonchev–Trinajstić information content (AvgIpc) is 2.42. The number of hydrogen-bond donors (Lipinski definition) is 2. The Bertz CT molecular complexity index is 430. The van der Waals surface area contributed by atoms with E-state index >= 15 is 0 Å². The molecule has 1 amide bonds. The third-order valence-corrected chi connectivity index (χ3v) is 3.81. The summed E-state index contributed by atoms with van der Waals surface area (Å²) in [5, 5.41) is 2.90. The van der Waals surface area contributed by atoms with E-state index in [9.17, 15) is 9.18 Å². The minimum absolute atomic E-state index is 0. The van der Waals surface area contributed by atoms with Gasteiger partial charge in [0.25, 0.3) is 0 Å². The van der Waals surface area contributed by atoms with E-state index in [2.05, 4.69) is 5.32 Å². The Morgan fingerprint density at radius 3 is 2.40 bits per heavy atom. The molecule has 0 aliphatic heterocycles. The maximum Gasteiger partial charge on any atom is 0.240 e. The Balaban J connectivity index is 0.00000200. The van der Waals surface area contributed by atoms with Gasteiger partial charge >= 0.3 is 0 Å². The molecule has 0 aromatic heterocycles. The Morgan fingerprint density at radius 2 is 1.80 bits per heavy atom. The van der Waals surface area contributed by atoms with Crippen molar-refractivity contribution in [2.24, 2.45) is 5.73 Å². The highest BCUT2D eigenvalue weighted by Crippen LogP contribution is 2.25. The topological polar surface area (TPSA) is 55.1 Å². The molecule has 0 spiro atoms. The van der Waals surface area contributed by atoms with Gasteiger partial charge in [0, 0.05) is 6.54 Å². The molecule has 0 saturated heterocycles. The second-order valence-electron chi connectivity index (χ2n) is 5.35. The van der Waals surface area contributed by atoms with Gasteiger partial charge in [0.1, 0.15) is 5.82 Å². The van der Waals surface area contributed by atoms with E-state index in [4.69, 9.17) is 5.73 Å². The van der Waals surface area contributed by atoms with E-state index in [1.54, 1.807) is 12.1 Å². The van der Waals surface area contributed by atoms with Gasteiger partial charge in [0.05, 0.1) is 5.54 Å². The smallest absolute Gasteiger partial charge is 0.240 e. The number of nitrogens with one attached hydrogen (secondary N) is 1. The number of carbonyl (C=O) groups excluding carboxylic acids is 1. The minimum atomic E-state index is -0.680. The van der Waals surface area contributed by atoms with Crippen LogP contribution in [0.2, 0.25) is 0 Å². The van der Waals surface area contributed by atoms with Crippen LogP contribution in [0.4, 0.5) is 4.39 Å². The second kappa shape index (κ2) is 7.60. The van der Waals surface area contributed by atoms with Crippen LogP contribution in [-0.2, 0) is 11.2 Å². The summed E-state index contributed by atoms with van der Waals surface area (Å²) in [4.78, 5) is 12.1. The van der Waals surface area contributed by atoms with Gasteiger partial charge in [-0.3, -0.25) is 4.79 Å². The fraction of sp³-hybridized carbons (Fsp3) is 0.533. The second-order valence-corrected chi connectivity index (χ2v) is 5.35. The largest absolute Gasteiger partial charge is 0.354 e. The van der Waals surface area contributed by atoms with Crippen LogP contribution in [-0.4, -0.2) is 18.0 Å². The number of nitrogens with two attached hydrogens (primary N) is 1. The molecule has 20 heavy (non-hydrogen) atoms. The lowest BCUT2D eigenvalue weighted by Crippen LogP contribution is -2.55. The van der Waals surface area contributed by atoms with Crippen molar-refractivity contribution in [1.82, 2.24) is 5.32 Å². The maximum atomic E-state index is 12.7. The molecular weight excluding hydrogens is 279 g/mol. The zero-order chi connectivity index (χ0) is 13.7. The molecule has 1 fully saturated rings. The number of carbonyl (C=O) groups is 1. The summed E-state index contributed by atoms with van der Waals surface area (Å²) in [6.45, 7) is 0.545. The number of amides is 1. The standard InChI is InChI=1S/C15H21FN2O.ClH/c16-13-6-4-12(5-7-13)8-11-18-14(19)15(17)9-2-1-3-10-15;/h4-7H,1-3,8-11,17H2,(H,18,19);1H. The molecule has 5 heteroatoms. The summed E-state index contributed by atoms with van der Waals surface area (Å²) >= 11 is 0. The van der Waals surface area contributed by atoms with Crippen LogP contribution in [0.25, 0.3) is 0 Å². The van der Waals surface area contributed by atoms with E-state index in [1.165, 1.54) is 18.6 Å². The molecule has 1 aliphatic carbocycles. The highest BCUT2D eigenvalue weighted by molar-refractivity contribution is 5.86. The highest BCUT2D eigenvalue weighted by atomic mass is 35.5. The third kappa shape index (κ3) is 4.46. The molecule has 1 aromatic carbocycles. The first-order valence-electron chi connectivity index (χ1n) is 6.92. The summed E-state index contributed by atoms with van der Waals surface area (Å²) < 4.78 is 12.7. The van der Waals surface area contributed by atoms with E-state index in [1.807, 2.05) is 0 Å². The van der Waals surface area contributed by atoms with Gasteiger partial charge in [-0.05, 0) is 37.0 Å². The van der Waals surface area contributed by atoms with Crippen LogP contribution in [0.3, 0.4) is 0 Å². The van der Waals surface area contributed by atoms with Gasteiger partial charge in [-0.25, -0.2) is 4.39 Å². The number of halogens is 2. The first-order chi connectivity index (χ1) is 9.10. The van der Waals surface area contributed by atoms with E-state index in [0.29, 0.717) is 13.0 Å². The van der Waals surface area contributed by atoms with Gasteiger partial charge in [0.15, 0.2) is 0 Å². The Hall–Kier alpha value is -1.13. The highest BCUT2D eigenvalue weighted by Gasteiger charge is 2.34. The maximum absolute atomic E-state index is 12.7. The zero-order valence-corrected chi connectivity index (χ0v) is 12.3. The van der Waals surface area contributed by atoms with Gasteiger partial charge in [0.2, 0.25) is 5.91 Å². The van der Waals surface area contributed by atoms with Crippen molar-refractivity contribution in [2.75, 3.05) is 6.54 Å². The monoisotopic (exact) mass is 300 g/mol. The number of rotatable bonds is 4. The molecule has 0 bridgehead atoms. The Kier molecular flexibility index (Phi) is 6.43. The van der Waals surface area contributed by atoms with Crippen LogP contribution >= 0.6 is 12.4 Å². The first kappa shape index (κ1) is 16.9. The van der Waals surface area contributed by atoms with Gasteiger partial charge in [-0.15, -0.1) is 12.4 Å². The molecule has 2 rings (SSSR count). The van der Waals surface area contributed by atoms with Gasteiger partial charge in [-0.1, -0.05) is 31.4 Å². The van der Waals surface area contributed by atoms with Crippen molar-refractivity contribution in [3.63, 3.8) is 0 Å². The summed E-state index contributed by atoms with van der Waals surface area (Å²) in [5.41, 5.74) is 6.47. The van der Waals surface area contributed by atoms with Crippen molar-refractivity contribution in [1.29, 1.82) is 0 Å². The molecule has 0 unspecified atom stereocenters. The lowest BCUT2D eigenvalue weighted by molar-refractivity contribution is -0.127. The SMILES string of the molecule is Cl.NC1(C(=O)NCCc2ccc(F)cc2)CCCCC1. The van der Waals surface area contributed by atoms with Crippen LogP contribution < -0.4 is 11.1 Å². The van der Waals surface area contributed by atoms with Crippen LogP contribution in [0.1, 0.15) is 37.7 Å². The average molecular weight is 301 g/mol. The molecule has 0 radical (unpaired) electrons. The van der Waals surface area contributed by atoms with Gasteiger partial charge < -0.3 is 11.1 Å². The molecule has 1 aliphatic rings. The summed E-state index contributed by atoms with van der Waals surface area (Å²) in [7, 11) is 0. The van der Waals surface area contributed by atoms with Crippen molar-refractivity contribution < 1.29 is 9.18 Å². The fourth-order valence-electron chi connectivity index (χ4n) is 2.56. The van der Waals surface area contributed by atoms with E-state index < -0.39 is 5.54 Å². The van der Waals surface area contributed by atoms with Crippen LogP contribution in [0.5, 0.6) is 0 Å². The number of hydrogen-bond acceptors (Lipinski definition) is 2. The zero-order valence-electron chi connectivity index (χ0n) is 11.5. The normalized spacial score (nSPS) is 17.1. The minimum Gasteiger partial charge on any atom is -0.354 e. The molecule has 1 aromatic rings. The van der Waals surface area contributed by atoms with E-state index in [-0.39, 0.29) is 24.1 Å².